The lowest BCUT2D eigenvalue weighted by Crippen LogP contribution is -1.81. The molecule has 0 aliphatic heterocycles. The third kappa shape index (κ3) is 1.78. The Morgan fingerprint density at radius 3 is 2.59 bits per heavy atom. The second kappa shape index (κ2) is 4.21. The smallest absolute Gasteiger partial charge is 0.0626 e. The molecule has 1 heterocycles. The second-order valence-corrected chi connectivity index (χ2v) is 5.08. The Kier molecular flexibility index (Phi) is 2.69. The maximum Gasteiger partial charge on any atom is 0.0626 e. The molecule has 0 saturated carbocycles. The predicted octanol–water partition coefficient (Wildman–Crippen LogP) is 5.25. The molecule has 0 spiro atoms. The molecule has 0 radical (unpaired) electrons. The van der Waals surface area contributed by atoms with Crippen LogP contribution in [0.1, 0.15) is 0 Å². The van der Waals surface area contributed by atoms with Gasteiger partial charge >= 0.3 is 0 Å². The van der Waals surface area contributed by atoms with E-state index in [9.17, 15) is 0 Å². The lowest BCUT2D eigenvalue weighted by Gasteiger charge is -2.07. The highest BCUT2D eigenvalue weighted by molar-refractivity contribution is 9.10. The normalized spacial score (nSPS) is 10.9. The molecule has 1 aromatic heterocycles. The van der Waals surface area contributed by atoms with E-state index in [-0.39, 0.29) is 0 Å². The van der Waals surface area contributed by atoms with Gasteiger partial charge in [0.15, 0.2) is 0 Å². The van der Waals surface area contributed by atoms with Gasteiger partial charge < -0.3 is 4.98 Å². The lowest BCUT2D eigenvalue weighted by molar-refractivity contribution is 1.48. The Hall–Kier alpha value is -1.25. The van der Waals surface area contributed by atoms with Crippen LogP contribution in [0.4, 0.5) is 0 Å². The second-order valence-electron chi connectivity index (χ2n) is 3.85. The van der Waals surface area contributed by atoms with Gasteiger partial charge in [-0.2, -0.15) is 0 Å². The van der Waals surface area contributed by atoms with Crippen LogP contribution in [-0.2, 0) is 0 Å². The summed E-state index contributed by atoms with van der Waals surface area (Å²) in [6.07, 6.45) is 1.94. The average molecular weight is 307 g/mol. The molecule has 17 heavy (non-hydrogen) atoms. The number of fused-ring (bicyclic) bond motifs is 1. The van der Waals surface area contributed by atoms with Gasteiger partial charge in [0.25, 0.3) is 0 Å². The zero-order valence-corrected chi connectivity index (χ0v) is 11.2. The van der Waals surface area contributed by atoms with Gasteiger partial charge in [0.2, 0.25) is 0 Å². The summed E-state index contributed by atoms with van der Waals surface area (Å²) < 4.78 is 0.921. The number of halogens is 2. The highest BCUT2D eigenvalue weighted by Crippen LogP contribution is 2.36. The van der Waals surface area contributed by atoms with Gasteiger partial charge in [0.05, 0.1) is 5.02 Å². The van der Waals surface area contributed by atoms with Crippen LogP contribution >= 0.6 is 27.5 Å². The summed E-state index contributed by atoms with van der Waals surface area (Å²) in [5.74, 6) is 0. The molecule has 0 amide bonds. The van der Waals surface area contributed by atoms with Gasteiger partial charge in [0, 0.05) is 27.1 Å². The van der Waals surface area contributed by atoms with E-state index in [0.717, 1.165) is 26.1 Å². The Morgan fingerprint density at radius 2 is 1.71 bits per heavy atom. The van der Waals surface area contributed by atoms with Crippen molar-refractivity contribution in [3.05, 3.63) is 58.2 Å². The van der Waals surface area contributed by atoms with E-state index < -0.39 is 0 Å². The monoisotopic (exact) mass is 305 g/mol. The summed E-state index contributed by atoms with van der Waals surface area (Å²) in [6.45, 7) is 0. The third-order valence-electron chi connectivity index (χ3n) is 2.84. The number of benzene rings is 2. The van der Waals surface area contributed by atoms with Gasteiger partial charge in [0.1, 0.15) is 0 Å². The Balaban J connectivity index is 2.34. The van der Waals surface area contributed by atoms with E-state index in [0.29, 0.717) is 0 Å². The van der Waals surface area contributed by atoms with Crippen molar-refractivity contribution in [1.29, 1.82) is 0 Å². The summed E-state index contributed by atoms with van der Waals surface area (Å²) in [4.78, 5) is 3.21. The molecular weight excluding hydrogens is 298 g/mol. The Bertz CT molecular complexity index is 688. The molecule has 84 valence electrons. The van der Waals surface area contributed by atoms with Gasteiger partial charge in [-0.25, -0.2) is 0 Å². The number of rotatable bonds is 1. The molecule has 0 fully saturated rings. The molecule has 1 N–H and O–H groups in total. The molecule has 3 aromatic rings. The minimum atomic E-state index is 0.751. The standard InChI is InChI=1S/C14H9BrClN/c15-12-5-1-4-11(14(12)16)9-3-2-6-13-10(9)7-8-17-13/h1-8,17H. The van der Waals surface area contributed by atoms with Crippen molar-refractivity contribution in [3.63, 3.8) is 0 Å². The fourth-order valence-electron chi connectivity index (χ4n) is 2.03. The first kappa shape index (κ1) is 10.9. The average Bonchev–Trinajstić information content (AvgIpc) is 2.81. The van der Waals surface area contributed by atoms with Crippen LogP contribution in [0.15, 0.2) is 53.1 Å². The van der Waals surface area contributed by atoms with Gasteiger partial charge in [-0.15, -0.1) is 0 Å². The summed E-state index contributed by atoms with van der Waals surface area (Å²) in [5.41, 5.74) is 3.32. The van der Waals surface area contributed by atoms with Crippen LogP contribution in [0, 0.1) is 0 Å². The largest absolute Gasteiger partial charge is 0.361 e. The molecule has 0 unspecified atom stereocenters. The highest BCUT2D eigenvalue weighted by atomic mass is 79.9. The van der Waals surface area contributed by atoms with Crippen molar-refractivity contribution in [1.82, 2.24) is 4.98 Å². The zero-order valence-electron chi connectivity index (χ0n) is 8.87. The van der Waals surface area contributed by atoms with E-state index in [4.69, 9.17) is 11.6 Å². The van der Waals surface area contributed by atoms with Crippen LogP contribution < -0.4 is 0 Å². The highest BCUT2D eigenvalue weighted by Gasteiger charge is 2.09. The molecule has 0 saturated heterocycles. The van der Waals surface area contributed by atoms with Crippen molar-refractivity contribution in [2.75, 3.05) is 0 Å². The lowest BCUT2D eigenvalue weighted by atomic mass is 10.0. The molecule has 1 nitrogen and oxygen atoms in total. The van der Waals surface area contributed by atoms with Crippen molar-refractivity contribution in [3.8, 4) is 11.1 Å². The first-order valence-corrected chi connectivity index (χ1v) is 6.45. The summed E-state index contributed by atoms with van der Waals surface area (Å²) in [5, 5.41) is 1.94. The summed E-state index contributed by atoms with van der Waals surface area (Å²) in [7, 11) is 0. The number of H-pyrrole nitrogens is 1. The maximum atomic E-state index is 6.34. The van der Waals surface area contributed by atoms with Crippen LogP contribution in [0.25, 0.3) is 22.0 Å². The predicted molar refractivity (Wildman–Crippen MR) is 76.4 cm³/mol. The fourth-order valence-corrected chi connectivity index (χ4v) is 2.63. The number of hydrogen-bond donors (Lipinski definition) is 1. The van der Waals surface area contributed by atoms with E-state index >= 15 is 0 Å². The van der Waals surface area contributed by atoms with Gasteiger partial charge in [-0.05, 0) is 39.7 Å². The van der Waals surface area contributed by atoms with Crippen molar-refractivity contribution in [2.45, 2.75) is 0 Å². The van der Waals surface area contributed by atoms with E-state index in [1.807, 2.05) is 30.5 Å². The Labute approximate surface area is 113 Å². The number of nitrogens with one attached hydrogen (secondary N) is 1. The minimum Gasteiger partial charge on any atom is -0.361 e. The molecule has 0 aliphatic carbocycles. The van der Waals surface area contributed by atoms with E-state index in [1.165, 1.54) is 5.39 Å². The molecule has 0 bridgehead atoms. The zero-order chi connectivity index (χ0) is 11.8. The first-order valence-electron chi connectivity index (χ1n) is 5.28. The quantitative estimate of drug-likeness (QED) is 0.632. The first-order chi connectivity index (χ1) is 8.27. The van der Waals surface area contributed by atoms with Gasteiger partial charge in [-0.3, -0.25) is 0 Å². The maximum absolute atomic E-state index is 6.34. The molecular formula is C14H9BrClN. The molecule has 3 rings (SSSR count). The molecule has 0 atom stereocenters. The van der Waals surface area contributed by atoms with Crippen LogP contribution in [-0.4, -0.2) is 4.98 Å². The Morgan fingerprint density at radius 1 is 0.941 bits per heavy atom. The topological polar surface area (TPSA) is 15.8 Å². The van der Waals surface area contributed by atoms with Crippen LogP contribution in [0.5, 0.6) is 0 Å². The number of aromatic amines is 1. The number of aromatic nitrogens is 1. The molecule has 0 aliphatic rings. The molecule has 3 heteroatoms. The van der Waals surface area contributed by atoms with Crippen LogP contribution in [0.3, 0.4) is 0 Å². The summed E-state index contributed by atoms with van der Waals surface area (Å²) >= 11 is 9.80. The van der Waals surface area contributed by atoms with Gasteiger partial charge in [-0.1, -0.05) is 35.9 Å². The fraction of sp³-hybridized carbons (Fsp3) is 0. The number of hydrogen-bond acceptors (Lipinski definition) is 0. The third-order valence-corrected chi connectivity index (χ3v) is 4.13. The van der Waals surface area contributed by atoms with Crippen molar-refractivity contribution >= 4 is 38.4 Å². The van der Waals surface area contributed by atoms with Crippen molar-refractivity contribution < 1.29 is 0 Å². The SMILES string of the molecule is Clc1c(Br)cccc1-c1cccc2[nH]ccc12. The van der Waals surface area contributed by atoms with Crippen LogP contribution in [0.2, 0.25) is 5.02 Å². The molecule has 2 aromatic carbocycles. The van der Waals surface area contributed by atoms with Crippen molar-refractivity contribution in [2.24, 2.45) is 0 Å². The minimum absolute atomic E-state index is 0.751. The summed E-state index contributed by atoms with van der Waals surface area (Å²) in [6, 6.07) is 14.2. The van der Waals surface area contributed by atoms with E-state index in [1.54, 1.807) is 0 Å². The van der Waals surface area contributed by atoms with E-state index in [2.05, 4.69) is 39.1 Å².